The number of thiazole rings is 1. The molecule has 3 aromatic rings. The SMILES string of the molecule is Cc1ccc(C23C[C@@H]4C[C@H](CC(C(=O)Nc5nc6cc(Cl)c(C)cc6s5)(C4)C2)C3)cc1. The average molecular weight is 451 g/mol. The summed E-state index contributed by atoms with van der Waals surface area (Å²) in [5, 5.41) is 4.65. The number of anilines is 1. The first-order valence-corrected chi connectivity index (χ1v) is 12.5. The topological polar surface area (TPSA) is 42.0 Å². The number of hydrogen-bond donors (Lipinski definition) is 1. The summed E-state index contributed by atoms with van der Waals surface area (Å²) >= 11 is 7.82. The molecule has 160 valence electrons. The van der Waals surface area contributed by atoms with Gasteiger partial charge < -0.3 is 5.32 Å². The molecule has 4 aliphatic rings. The molecule has 5 heteroatoms. The third-order valence-corrected chi connectivity index (χ3v) is 9.44. The van der Waals surface area contributed by atoms with Crippen LogP contribution >= 0.6 is 22.9 Å². The van der Waals surface area contributed by atoms with E-state index in [4.69, 9.17) is 11.6 Å². The molecule has 2 aromatic carbocycles. The van der Waals surface area contributed by atoms with Gasteiger partial charge in [-0.25, -0.2) is 4.98 Å². The highest BCUT2D eigenvalue weighted by Crippen LogP contribution is 2.66. The smallest absolute Gasteiger partial charge is 0.232 e. The van der Waals surface area contributed by atoms with Crippen LogP contribution in [-0.2, 0) is 10.2 Å². The van der Waals surface area contributed by atoms with Crippen molar-refractivity contribution in [1.82, 2.24) is 4.98 Å². The fourth-order valence-corrected chi connectivity index (χ4v) is 8.21. The van der Waals surface area contributed by atoms with Crippen molar-refractivity contribution in [3.63, 3.8) is 0 Å². The van der Waals surface area contributed by atoms with E-state index in [0.29, 0.717) is 17.0 Å². The number of fused-ring (bicyclic) bond motifs is 1. The molecule has 0 radical (unpaired) electrons. The van der Waals surface area contributed by atoms with E-state index in [-0.39, 0.29) is 16.7 Å². The number of aromatic nitrogens is 1. The molecule has 0 aliphatic heterocycles. The van der Waals surface area contributed by atoms with Gasteiger partial charge in [-0.05, 0) is 92.9 Å². The highest BCUT2D eigenvalue weighted by Gasteiger charge is 2.61. The molecule has 1 amide bonds. The van der Waals surface area contributed by atoms with E-state index in [1.54, 1.807) is 11.3 Å². The third-order valence-electron chi connectivity index (χ3n) is 8.10. The molecule has 4 aliphatic carbocycles. The van der Waals surface area contributed by atoms with Gasteiger partial charge in [0.2, 0.25) is 5.91 Å². The molecule has 4 bridgehead atoms. The van der Waals surface area contributed by atoms with E-state index < -0.39 is 0 Å². The van der Waals surface area contributed by atoms with Crippen molar-refractivity contribution in [2.24, 2.45) is 17.3 Å². The number of carbonyl (C=O) groups excluding carboxylic acids is 1. The van der Waals surface area contributed by atoms with Crippen LogP contribution in [0.25, 0.3) is 10.2 Å². The monoisotopic (exact) mass is 450 g/mol. The molecule has 1 aromatic heterocycles. The van der Waals surface area contributed by atoms with Crippen LogP contribution in [0.3, 0.4) is 0 Å². The number of hydrogen-bond acceptors (Lipinski definition) is 3. The Balaban J connectivity index is 1.32. The number of aryl methyl sites for hydroxylation is 2. The molecule has 1 N–H and O–H groups in total. The van der Waals surface area contributed by atoms with E-state index in [1.807, 2.05) is 13.0 Å². The Bertz CT molecular complexity index is 1150. The van der Waals surface area contributed by atoms with Crippen molar-refractivity contribution in [1.29, 1.82) is 0 Å². The van der Waals surface area contributed by atoms with Crippen molar-refractivity contribution < 1.29 is 4.79 Å². The Hall–Kier alpha value is -1.91. The van der Waals surface area contributed by atoms with Crippen LogP contribution in [0, 0.1) is 31.1 Å². The van der Waals surface area contributed by atoms with Gasteiger partial charge in [-0.3, -0.25) is 4.79 Å². The molecule has 3 nitrogen and oxygen atoms in total. The second-order valence-electron chi connectivity index (χ2n) is 10.4. The Morgan fingerprint density at radius 1 is 1.10 bits per heavy atom. The van der Waals surface area contributed by atoms with E-state index in [0.717, 1.165) is 40.1 Å². The number of nitrogens with one attached hydrogen (secondary N) is 1. The number of carbonyl (C=O) groups is 1. The average Bonchev–Trinajstić information content (AvgIpc) is 3.08. The Morgan fingerprint density at radius 3 is 2.52 bits per heavy atom. The van der Waals surface area contributed by atoms with Gasteiger partial charge in [-0.2, -0.15) is 0 Å². The summed E-state index contributed by atoms with van der Waals surface area (Å²) in [5.41, 5.74) is 4.53. The van der Waals surface area contributed by atoms with Crippen LogP contribution in [0.2, 0.25) is 5.02 Å². The minimum Gasteiger partial charge on any atom is -0.301 e. The normalized spacial score (nSPS) is 31.3. The van der Waals surface area contributed by atoms with E-state index in [1.165, 1.54) is 30.4 Å². The van der Waals surface area contributed by atoms with Crippen LogP contribution in [0.4, 0.5) is 5.13 Å². The van der Waals surface area contributed by atoms with Crippen LogP contribution in [0.15, 0.2) is 36.4 Å². The lowest BCUT2D eigenvalue weighted by atomic mass is 9.42. The summed E-state index contributed by atoms with van der Waals surface area (Å²) < 4.78 is 1.07. The van der Waals surface area contributed by atoms with Crippen molar-refractivity contribution in [2.75, 3.05) is 5.32 Å². The second-order valence-corrected chi connectivity index (χ2v) is 11.9. The minimum absolute atomic E-state index is 0.160. The van der Waals surface area contributed by atoms with Crippen molar-refractivity contribution in [3.8, 4) is 0 Å². The first kappa shape index (κ1) is 19.8. The molecule has 0 saturated heterocycles. The number of benzene rings is 2. The Kier molecular flexibility index (Phi) is 4.33. The maximum atomic E-state index is 13.7. The number of nitrogens with zero attached hydrogens (tertiary/aromatic N) is 1. The van der Waals surface area contributed by atoms with Gasteiger partial charge in [0.1, 0.15) is 0 Å². The summed E-state index contributed by atoms with van der Waals surface area (Å²) in [6.45, 7) is 4.14. The molecule has 4 saturated carbocycles. The van der Waals surface area contributed by atoms with Gasteiger partial charge in [0.25, 0.3) is 0 Å². The van der Waals surface area contributed by atoms with Crippen LogP contribution in [0.1, 0.15) is 55.2 Å². The molecule has 0 unspecified atom stereocenters. The van der Waals surface area contributed by atoms with Crippen molar-refractivity contribution in [3.05, 3.63) is 58.1 Å². The molecule has 2 atom stereocenters. The van der Waals surface area contributed by atoms with E-state index >= 15 is 0 Å². The van der Waals surface area contributed by atoms with E-state index in [9.17, 15) is 4.79 Å². The van der Waals surface area contributed by atoms with Gasteiger partial charge >= 0.3 is 0 Å². The zero-order valence-corrected chi connectivity index (χ0v) is 19.6. The fraction of sp³-hybridized carbons (Fsp3) is 0.462. The van der Waals surface area contributed by atoms with E-state index in [2.05, 4.69) is 47.6 Å². The minimum atomic E-state index is -0.264. The summed E-state index contributed by atoms with van der Waals surface area (Å²) in [7, 11) is 0. The lowest BCUT2D eigenvalue weighted by Gasteiger charge is -2.61. The van der Waals surface area contributed by atoms with Gasteiger partial charge in [0.05, 0.1) is 15.6 Å². The first-order chi connectivity index (χ1) is 14.8. The zero-order valence-electron chi connectivity index (χ0n) is 18.0. The Morgan fingerprint density at radius 2 is 1.81 bits per heavy atom. The zero-order chi connectivity index (χ0) is 21.4. The maximum Gasteiger partial charge on any atom is 0.232 e. The maximum absolute atomic E-state index is 13.7. The van der Waals surface area contributed by atoms with Gasteiger partial charge in [0, 0.05) is 5.02 Å². The van der Waals surface area contributed by atoms with Crippen molar-refractivity contribution >= 4 is 44.2 Å². The fourth-order valence-electron chi connectivity index (χ4n) is 7.11. The number of amides is 1. The highest BCUT2D eigenvalue weighted by molar-refractivity contribution is 7.22. The molecule has 1 heterocycles. The van der Waals surface area contributed by atoms with Gasteiger partial charge in [-0.1, -0.05) is 52.8 Å². The summed E-state index contributed by atoms with van der Waals surface area (Å²) in [6.07, 6.45) is 6.79. The summed E-state index contributed by atoms with van der Waals surface area (Å²) in [4.78, 5) is 18.4. The predicted octanol–water partition coefficient (Wildman–Crippen LogP) is 7.04. The summed E-state index contributed by atoms with van der Waals surface area (Å²) in [6, 6.07) is 13.0. The highest BCUT2D eigenvalue weighted by atomic mass is 35.5. The number of rotatable bonds is 3. The molecule has 0 spiro atoms. The van der Waals surface area contributed by atoms with Gasteiger partial charge in [-0.15, -0.1) is 0 Å². The van der Waals surface area contributed by atoms with Crippen LogP contribution in [0.5, 0.6) is 0 Å². The first-order valence-electron chi connectivity index (χ1n) is 11.3. The molecular formula is C26H27ClN2OS. The number of halogens is 1. The third kappa shape index (κ3) is 3.14. The predicted molar refractivity (Wildman–Crippen MR) is 128 cm³/mol. The van der Waals surface area contributed by atoms with Crippen LogP contribution in [-0.4, -0.2) is 10.9 Å². The van der Waals surface area contributed by atoms with Crippen LogP contribution < -0.4 is 5.32 Å². The quantitative estimate of drug-likeness (QED) is 0.464. The molecule has 7 rings (SSSR count). The largest absolute Gasteiger partial charge is 0.301 e. The van der Waals surface area contributed by atoms with Gasteiger partial charge in [0.15, 0.2) is 5.13 Å². The van der Waals surface area contributed by atoms with Crippen molar-refractivity contribution in [2.45, 2.75) is 57.8 Å². The lowest BCUT2D eigenvalue weighted by molar-refractivity contribution is -0.143. The Labute approximate surface area is 192 Å². The summed E-state index contributed by atoms with van der Waals surface area (Å²) in [5.74, 6) is 1.50. The molecular weight excluding hydrogens is 424 g/mol. The molecule has 31 heavy (non-hydrogen) atoms. The molecule has 4 fully saturated rings. The second kappa shape index (κ2) is 6.79. The lowest BCUT2D eigenvalue weighted by Crippen LogP contribution is -2.57. The standard InChI is InChI=1S/C26H27ClN2OS/c1-15-3-5-19(6-4-15)25-10-17-8-18(11-25)13-26(12-17,14-25)23(30)29-24-28-21-9-20(27)16(2)7-22(21)31-24/h3-7,9,17-18H,8,10-14H2,1-2H3,(H,28,29,30)/t17-,18-,25?,26?/m0/s1.